The summed E-state index contributed by atoms with van der Waals surface area (Å²) in [5, 5.41) is 8.07. The van der Waals surface area contributed by atoms with Gasteiger partial charge in [-0.25, -0.2) is 27.2 Å². The summed E-state index contributed by atoms with van der Waals surface area (Å²) in [6.07, 6.45) is 11.1. The first-order chi connectivity index (χ1) is 12.4. The molecule has 0 spiro atoms. The molecule has 142 valence electrons. The molecule has 0 unspecified atom stereocenters. The van der Waals surface area contributed by atoms with Crippen molar-refractivity contribution in [1.82, 2.24) is 23.9 Å². The number of piperidine rings is 1. The molecule has 0 amide bonds. The summed E-state index contributed by atoms with van der Waals surface area (Å²) in [7, 11) is -3.10. The standard InChI is InChI=1S/C17H26N6O2S/c1-3-17(7-4-8-17)15-18-11-14-12-19-16(21-23(14)15)20-13-5-9-22(10-6-13)26(2,24)25/h11-13H,3-10H2,1-2H3,(H,20,21). The molecule has 2 aromatic rings. The van der Waals surface area contributed by atoms with Crippen LogP contribution in [0, 0.1) is 0 Å². The fraction of sp³-hybridized carbons (Fsp3) is 0.706. The first-order valence-electron chi connectivity index (χ1n) is 9.34. The van der Waals surface area contributed by atoms with E-state index in [4.69, 9.17) is 5.10 Å². The monoisotopic (exact) mass is 378 g/mol. The van der Waals surface area contributed by atoms with Crippen LogP contribution in [0.15, 0.2) is 12.4 Å². The van der Waals surface area contributed by atoms with Gasteiger partial charge in [0.05, 0.1) is 18.6 Å². The molecule has 0 bridgehead atoms. The number of aromatic nitrogens is 4. The third kappa shape index (κ3) is 3.07. The first-order valence-corrected chi connectivity index (χ1v) is 11.2. The lowest BCUT2D eigenvalue weighted by molar-refractivity contribution is 0.217. The van der Waals surface area contributed by atoms with Crippen LogP contribution < -0.4 is 5.32 Å². The van der Waals surface area contributed by atoms with Gasteiger partial charge in [0.25, 0.3) is 0 Å². The molecule has 1 saturated heterocycles. The zero-order valence-corrected chi connectivity index (χ0v) is 16.2. The predicted molar refractivity (Wildman–Crippen MR) is 99.7 cm³/mol. The summed E-state index contributed by atoms with van der Waals surface area (Å²) >= 11 is 0. The number of hydrogen-bond donors (Lipinski definition) is 1. The summed E-state index contributed by atoms with van der Waals surface area (Å²) < 4.78 is 26.7. The number of anilines is 1. The van der Waals surface area contributed by atoms with E-state index in [2.05, 4.69) is 22.2 Å². The van der Waals surface area contributed by atoms with Crippen LogP contribution >= 0.6 is 0 Å². The molecule has 4 rings (SSSR count). The van der Waals surface area contributed by atoms with Gasteiger partial charge in [0, 0.05) is 24.5 Å². The Morgan fingerprint density at radius 3 is 2.50 bits per heavy atom. The topological polar surface area (TPSA) is 92.5 Å². The van der Waals surface area contributed by atoms with Gasteiger partial charge in [0.2, 0.25) is 16.0 Å². The van der Waals surface area contributed by atoms with E-state index in [1.165, 1.54) is 29.8 Å². The number of nitrogens with one attached hydrogen (secondary N) is 1. The Hall–Kier alpha value is -1.74. The lowest BCUT2D eigenvalue weighted by Crippen LogP contribution is -2.42. The van der Waals surface area contributed by atoms with E-state index >= 15 is 0 Å². The summed E-state index contributed by atoms with van der Waals surface area (Å²) in [6.45, 7) is 3.29. The van der Waals surface area contributed by atoms with E-state index in [0.29, 0.717) is 19.0 Å². The van der Waals surface area contributed by atoms with Crippen LogP contribution in [0.5, 0.6) is 0 Å². The third-order valence-electron chi connectivity index (χ3n) is 6.00. The number of imidazole rings is 1. The molecule has 2 fully saturated rings. The normalized spacial score (nSPS) is 21.6. The molecule has 26 heavy (non-hydrogen) atoms. The van der Waals surface area contributed by atoms with E-state index in [-0.39, 0.29) is 11.5 Å². The maximum atomic E-state index is 11.6. The van der Waals surface area contributed by atoms with Crippen LogP contribution in [-0.4, -0.2) is 57.7 Å². The molecule has 1 saturated carbocycles. The second-order valence-electron chi connectivity index (χ2n) is 7.57. The van der Waals surface area contributed by atoms with Gasteiger partial charge in [-0.05, 0) is 32.1 Å². The Bertz CT molecular complexity index is 892. The van der Waals surface area contributed by atoms with Gasteiger partial charge in [0.15, 0.2) is 0 Å². The average molecular weight is 379 g/mol. The Morgan fingerprint density at radius 1 is 1.23 bits per heavy atom. The molecule has 0 aromatic carbocycles. The molecule has 0 atom stereocenters. The van der Waals surface area contributed by atoms with Gasteiger partial charge in [-0.2, -0.15) is 0 Å². The summed E-state index contributed by atoms with van der Waals surface area (Å²) in [4.78, 5) is 9.06. The van der Waals surface area contributed by atoms with Crippen molar-refractivity contribution in [1.29, 1.82) is 0 Å². The minimum atomic E-state index is -3.10. The number of rotatable bonds is 5. The molecule has 3 heterocycles. The van der Waals surface area contributed by atoms with Crippen molar-refractivity contribution < 1.29 is 8.42 Å². The lowest BCUT2D eigenvalue weighted by atomic mass is 9.66. The zero-order valence-electron chi connectivity index (χ0n) is 15.3. The van der Waals surface area contributed by atoms with Crippen LogP contribution in [-0.2, 0) is 15.4 Å². The second kappa shape index (κ2) is 6.45. The highest BCUT2D eigenvalue weighted by atomic mass is 32.2. The minimum Gasteiger partial charge on any atom is -0.350 e. The van der Waals surface area contributed by atoms with Crippen molar-refractivity contribution in [3.63, 3.8) is 0 Å². The Kier molecular flexibility index (Phi) is 4.38. The van der Waals surface area contributed by atoms with Crippen molar-refractivity contribution >= 4 is 21.5 Å². The van der Waals surface area contributed by atoms with Gasteiger partial charge in [0.1, 0.15) is 11.3 Å². The predicted octanol–water partition coefficient (Wildman–Crippen LogP) is 1.79. The van der Waals surface area contributed by atoms with Crippen LogP contribution in [0.4, 0.5) is 5.95 Å². The van der Waals surface area contributed by atoms with Crippen LogP contribution in [0.1, 0.15) is 51.3 Å². The van der Waals surface area contributed by atoms with Crippen LogP contribution in [0.2, 0.25) is 0 Å². The zero-order chi connectivity index (χ0) is 18.4. The van der Waals surface area contributed by atoms with Crippen LogP contribution in [0.25, 0.3) is 5.52 Å². The van der Waals surface area contributed by atoms with Crippen molar-refractivity contribution in [2.24, 2.45) is 0 Å². The Morgan fingerprint density at radius 2 is 1.92 bits per heavy atom. The molecule has 1 aliphatic heterocycles. The smallest absolute Gasteiger partial charge is 0.241 e. The molecule has 0 radical (unpaired) electrons. The van der Waals surface area contributed by atoms with Crippen LogP contribution in [0.3, 0.4) is 0 Å². The maximum Gasteiger partial charge on any atom is 0.241 e. The molecule has 9 heteroatoms. The van der Waals surface area contributed by atoms with Gasteiger partial charge in [-0.3, -0.25) is 0 Å². The molecule has 2 aromatic heterocycles. The number of sulfonamides is 1. The summed E-state index contributed by atoms with van der Waals surface area (Å²) in [5.74, 6) is 1.62. The number of hydrogen-bond acceptors (Lipinski definition) is 6. The van der Waals surface area contributed by atoms with Gasteiger partial charge >= 0.3 is 0 Å². The maximum absolute atomic E-state index is 11.6. The van der Waals surface area contributed by atoms with E-state index < -0.39 is 10.0 Å². The highest BCUT2D eigenvalue weighted by Gasteiger charge is 2.40. The number of nitrogens with zero attached hydrogens (tertiary/aromatic N) is 5. The van der Waals surface area contributed by atoms with Crippen molar-refractivity contribution in [2.75, 3.05) is 24.7 Å². The van der Waals surface area contributed by atoms with E-state index in [9.17, 15) is 8.42 Å². The fourth-order valence-electron chi connectivity index (χ4n) is 4.08. The minimum absolute atomic E-state index is 0.152. The van der Waals surface area contributed by atoms with Crippen molar-refractivity contribution in [3.8, 4) is 0 Å². The quantitative estimate of drug-likeness (QED) is 0.853. The summed E-state index contributed by atoms with van der Waals surface area (Å²) in [6, 6.07) is 0.182. The van der Waals surface area contributed by atoms with Gasteiger partial charge < -0.3 is 5.32 Å². The SMILES string of the molecule is CCC1(c2ncc3cnc(NC4CCN(S(C)(=O)=O)CC4)nn23)CCC1. The average Bonchev–Trinajstić information content (AvgIpc) is 2.98. The van der Waals surface area contributed by atoms with Gasteiger partial charge in [-0.15, -0.1) is 5.10 Å². The van der Waals surface area contributed by atoms with E-state index in [0.717, 1.165) is 30.6 Å². The Labute approximate surface area is 154 Å². The van der Waals surface area contributed by atoms with E-state index in [1.807, 2.05) is 10.7 Å². The highest BCUT2D eigenvalue weighted by molar-refractivity contribution is 7.88. The molecule has 1 N–H and O–H groups in total. The molecule has 8 nitrogen and oxygen atoms in total. The molecule has 1 aliphatic carbocycles. The second-order valence-corrected chi connectivity index (χ2v) is 9.55. The first kappa shape index (κ1) is 17.7. The summed E-state index contributed by atoms with van der Waals surface area (Å²) in [5.41, 5.74) is 1.07. The molecular weight excluding hydrogens is 352 g/mol. The van der Waals surface area contributed by atoms with Crippen molar-refractivity contribution in [3.05, 3.63) is 18.2 Å². The fourth-order valence-corrected chi connectivity index (χ4v) is 4.95. The molecule has 2 aliphatic rings. The third-order valence-corrected chi connectivity index (χ3v) is 7.30. The lowest BCUT2D eigenvalue weighted by Gasteiger charge is -2.39. The largest absolute Gasteiger partial charge is 0.350 e. The molecular formula is C17H26N6O2S. The highest BCUT2D eigenvalue weighted by Crippen LogP contribution is 2.45. The van der Waals surface area contributed by atoms with Crippen molar-refractivity contribution in [2.45, 2.75) is 56.9 Å². The van der Waals surface area contributed by atoms with Gasteiger partial charge in [-0.1, -0.05) is 13.3 Å². The Balaban J connectivity index is 1.51. The number of fused-ring (bicyclic) bond motifs is 1. The van der Waals surface area contributed by atoms with E-state index in [1.54, 1.807) is 6.20 Å².